The van der Waals surface area contributed by atoms with Crippen LogP contribution in [0.3, 0.4) is 0 Å². The standard InChI is InChI=1S/C20H18BrNO2S/c1-13-4-3-5-15(10-13)12-24-16-6-7-18(14(2)11-16)22-20(23)19-17(21)8-9-25-19/h3-11H,12H2,1-2H3,(H,22,23). The van der Waals surface area contributed by atoms with Crippen LogP contribution in [0.4, 0.5) is 5.69 Å². The molecule has 1 aromatic heterocycles. The second-order valence-electron chi connectivity index (χ2n) is 5.81. The van der Waals surface area contributed by atoms with Crippen LogP contribution in [0.1, 0.15) is 26.4 Å². The third-order valence-electron chi connectivity index (χ3n) is 3.76. The number of carbonyl (C=O) groups is 1. The number of halogens is 1. The van der Waals surface area contributed by atoms with Crippen molar-refractivity contribution in [2.24, 2.45) is 0 Å². The van der Waals surface area contributed by atoms with E-state index in [2.05, 4.69) is 40.3 Å². The van der Waals surface area contributed by atoms with E-state index in [0.29, 0.717) is 11.5 Å². The molecule has 0 radical (unpaired) electrons. The zero-order valence-corrected chi connectivity index (χ0v) is 16.4. The van der Waals surface area contributed by atoms with Crippen molar-refractivity contribution in [3.63, 3.8) is 0 Å². The van der Waals surface area contributed by atoms with E-state index in [0.717, 1.165) is 27.0 Å². The van der Waals surface area contributed by atoms with Crippen molar-refractivity contribution >= 4 is 38.9 Å². The molecule has 1 heterocycles. The normalized spacial score (nSPS) is 10.5. The number of amides is 1. The van der Waals surface area contributed by atoms with Crippen LogP contribution in [0.2, 0.25) is 0 Å². The molecule has 0 aliphatic heterocycles. The summed E-state index contributed by atoms with van der Waals surface area (Å²) in [5.41, 5.74) is 4.10. The molecule has 0 fully saturated rings. The Balaban J connectivity index is 1.66. The summed E-state index contributed by atoms with van der Waals surface area (Å²) in [5.74, 6) is 0.674. The summed E-state index contributed by atoms with van der Waals surface area (Å²) >= 11 is 4.80. The fourth-order valence-electron chi connectivity index (χ4n) is 2.47. The van der Waals surface area contributed by atoms with Crippen molar-refractivity contribution in [2.45, 2.75) is 20.5 Å². The lowest BCUT2D eigenvalue weighted by atomic mass is 10.1. The molecule has 0 aliphatic rings. The minimum Gasteiger partial charge on any atom is -0.489 e. The molecule has 0 saturated carbocycles. The number of nitrogens with one attached hydrogen (secondary N) is 1. The summed E-state index contributed by atoms with van der Waals surface area (Å²) in [6.45, 7) is 4.55. The van der Waals surface area contributed by atoms with E-state index in [1.165, 1.54) is 16.9 Å². The first-order valence-electron chi connectivity index (χ1n) is 7.86. The van der Waals surface area contributed by atoms with Gasteiger partial charge in [-0.1, -0.05) is 29.8 Å². The lowest BCUT2D eigenvalue weighted by molar-refractivity contribution is 0.103. The van der Waals surface area contributed by atoms with Crippen LogP contribution in [0, 0.1) is 13.8 Å². The molecule has 0 saturated heterocycles. The third kappa shape index (κ3) is 4.50. The molecular formula is C20H18BrNO2S. The van der Waals surface area contributed by atoms with Gasteiger partial charge in [-0.25, -0.2) is 0 Å². The fraction of sp³-hybridized carbons (Fsp3) is 0.150. The summed E-state index contributed by atoms with van der Waals surface area (Å²) in [4.78, 5) is 13.0. The summed E-state index contributed by atoms with van der Waals surface area (Å²) in [5, 5.41) is 4.83. The average molecular weight is 416 g/mol. The molecule has 2 aromatic carbocycles. The van der Waals surface area contributed by atoms with Crippen LogP contribution in [-0.4, -0.2) is 5.91 Å². The first-order valence-corrected chi connectivity index (χ1v) is 9.53. The highest BCUT2D eigenvalue weighted by atomic mass is 79.9. The van der Waals surface area contributed by atoms with Crippen molar-refractivity contribution < 1.29 is 9.53 Å². The predicted molar refractivity (Wildman–Crippen MR) is 107 cm³/mol. The van der Waals surface area contributed by atoms with Gasteiger partial charge in [-0.2, -0.15) is 0 Å². The van der Waals surface area contributed by atoms with Gasteiger partial charge in [-0.15, -0.1) is 11.3 Å². The van der Waals surface area contributed by atoms with Crippen LogP contribution in [0.25, 0.3) is 0 Å². The molecular weight excluding hydrogens is 398 g/mol. The van der Waals surface area contributed by atoms with Crippen molar-refractivity contribution in [2.75, 3.05) is 5.32 Å². The Bertz CT molecular complexity index is 904. The number of aryl methyl sites for hydroxylation is 2. The molecule has 1 N–H and O–H groups in total. The third-order valence-corrected chi connectivity index (χ3v) is 5.59. The highest BCUT2D eigenvalue weighted by Crippen LogP contribution is 2.26. The Labute approximate surface area is 159 Å². The first kappa shape index (κ1) is 17.7. The fourth-order valence-corrected chi connectivity index (χ4v) is 3.92. The highest BCUT2D eigenvalue weighted by Gasteiger charge is 2.13. The Hall–Kier alpha value is -2.11. The van der Waals surface area contributed by atoms with E-state index in [1.54, 1.807) is 0 Å². The Morgan fingerprint density at radius 2 is 2.00 bits per heavy atom. The van der Waals surface area contributed by atoms with Crippen molar-refractivity contribution in [3.05, 3.63) is 80.0 Å². The van der Waals surface area contributed by atoms with E-state index < -0.39 is 0 Å². The monoisotopic (exact) mass is 415 g/mol. The number of hydrogen-bond donors (Lipinski definition) is 1. The van der Waals surface area contributed by atoms with E-state index in [1.807, 2.05) is 48.7 Å². The largest absolute Gasteiger partial charge is 0.489 e. The van der Waals surface area contributed by atoms with Gasteiger partial charge in [0.15, 0.2) is 0 Å². The summed E-state index contributed by atoms with van der Waals surface area (Å²) in [6, 6.07) is 15.8. The number of hydrogen-bond acceptors (Lipinski definition) is 3. The lowest BCUT2D eigenvalue weighted by Crippen LogP contribution is -2.11. The molecule has 0 atom stereocenters. The van der Waals surface area contributed by atoms with Crippen LogP contribution in [0.15, 0.2) is 58.4 Å². The van der Waals surface area contributed by atoms with Gasteiger partial charge in [0.1, 0.15) is 17.2 Å². The maximum absolute atomic E-state index is 12.3. The number of anilines is 1. The van der Waals surface area contributed by atoms with Crippen LogP contribution in [0.5, 0.6) is 5.75 Å². The summed E-state index contributed by atoms with van der Waals surface area (Å²) < 4.78 is 6.67. The second kappa shape index (κ2) is 7.85. The molecule has 0 unspecified atom stereocenters. The van der Waals surface area contributed by atoms with Crippen molar-refractivity contribution in [3.8, 4) is 5.75 Å². The number of thiophene rings is 1. The topological polar surface area (TPSA) is 38.3 Å². The maximum atomic E-state index is 12.3. The van der Waals surface area contributed by atoms with Crippen LogP contribution >= 0.6 is 27.3 Å². The number of carbonyl (C=O) groups excluding carboxylic acids is 1. The number of rotatable bonds is 5. The van der Waals surface area contributed by atoms with Gasteiger partial charge in [0, 0.05) is 10.2 Å². The van der Waals surface area contributed by atoms with E-state index in [9.17, 15) is 4.79 Å². The Morgan fingerprint density at radius 3 is 2.68 bits per heavy atom. The van der Waals surface area contributed by atoms with Gasteiger partial charge in [-0.05, 0) is 70.5 Å². The van der Waals surface area contributed by atoms with Gasteiger partial charge in [-0.3, -0.25) is 4.79 Å². The van der Waals surface area contributed by atoms with Gasteiger partial charge < -0.3 is 10.1 Å². The average Bonchev–Trinajstić information content (AvgIpc) is 3.01. The molecule has 25 heavy (non-hydrogen) atoms. The lowest BCUT2D eigenvalue weighted by Gasteiger charge is -2.11. The number of benzene rings is 2. The van der Waals surface area contributed by atoms with Crippen LogP contribution < -0.4 is 10.1 Å². The van der Waals surface area contributed by atoms with Gasteiger partial charge in [0.2, 0.25) is 0 Å². The Kier molecular flexibility index (Phi) is 5.56. The predicted octanol–water partition coefficient (Wildman–Crippen LogP) is 5.96. The second-order valence-corrected chi connectivity index (χ2v) is 7.58. The molecule has 0 aliphatic carbocycles. The number of ether oxygens (including phenoxy) is 1. The highest BCUT2D eigenvalue weighted by molar-refractivity contribution is 9.10. The molecule has 3 nitrogen and oxygen atoms in total. The molecule has 128 valence electrons. The van der Waals surface area contributed by atoms with Crippen molar-refractivity contribution in [1.29, 1.82) is 0 Å². The molecule has 5 heteroatoms. The zero-order valence-electron chi connectivity index (χ0n) is 14.0. The molecule has 0 spiro atoms. The molecule has 1 amide bonds. The maximum Gasteiger partial charge on any atom is 0.266 e. The smallest absolute Gasteiger partial charge is 0.266 e. The molecule has 0 bridgehead atoms. The van der Waals surface area contributed by atoms with Crippen LogP contribution in [-0.2, 0) is 6.61 Å². The SMILES string of the molecule is Cc1cccc(COc2ccc(NC(=O)c3sccc3Br)c(C)c2)c1. The van der Waals surface area contributed by atoms with Gasteiger partial charge in [0.05, 0.1) is 0 Å². The summed E-state index contributed by atoms with van der Waals surface area (Å²) in [7, 11) is 0. The van der Waals surface area contributed by atoms with E-state index in [4.69, 9.17) is 4.74 Å². The minimum absolute atomic E-state index is 0.113. The van der Waals surface area contributed by atoms with E-state index >= 15 is 0 Å². The Morgan fingerprint density at radius 1 is 1.16 bits per heavy atom. The first-order chi connectivity index (χ1) is 12.0. The molecule has 3 aromatic rings. The zero-order chi connectivity index (χ0) is 17.8. The van der Waals surface area contributed by atoms with Gasteiger partial charge in [0.25, 0.3) is 5.91 Å². The quantitative estimate of drug-likeness (QED) is 0.558. The molecule has 3 rings (SSSR count). The van der Waals surface area contributed by atoms with Gasteiger partial charge >= 0.3 is 0 Å². The summed E-state index contributed by atoms with van der Waals surface area (Å²) in [6.07, 6.45) is 0. The minimum atomic E-state index is -0.113. The van der Waals surface area contributed by atoms with E-state index in [-0.39, 0.29) is 5.91 Å². The van der Waals surface area contributed by atoms with Crippen molar-refractivity contribution in [1.82, 2.24) is 0 Å².